The first-order chi connectivity index (χ1) is 9.90. The van der Waals surface area contributed by atoms with Gasteiger partial charge in [-0.3, -0.25) is 9.20 Å². The molecule has 0 aliphatic rings. The van der Waals surface area contributed by atoms with Gasteiger partial charge >= 0.3 is 5.97 Å². The van der Waals surface area contributed by atoms with Gasteiger partial charge in [0.15, 0.2) is 5.82 Å². The third-order valence-corrected chi connectivity index (χ3v) is 4.19. The highest BCUT2D eigenvalue weighted by Crippen LogP contribution is 2.29. The first-order valence-electron chi connectivity index (χ1n) is 6.12. The minimum atomic E-state index is -0.914. The zero-order chi connectivity index (χ0) is 15.3. The summed E-state index contributed by atoms with van der Waals surface area (Å²) in [5.41, 5.74) is 1.07. The Morgan fingerprint density at radius 3 is 2.81 bits per heavy atom. The van der Waals surface area contributed by atoms with Crippen molar-refractivity contribution in [1.82, 2.24) is 14.0 Å². The second-order valence-corrected chi connectivity index (χ2v) is 5.44. The summed E-state index contributed by atoms with van der Waals surface area (Å²) >= 11 is 3.37. The fourth-order valence-corrected chi connectivity index (χ4v) is 3.21. The molecule has 0 fully saturated rings. The molecule has 0 aliphatic carbocycles. The molecule has 2 heterocycles. The minimum absolute atomic E-state index is 0.0414. The van der Waals surface area contributed by atoms with E-state index in [1.807, 2.05) is 0 Å². The summed E-state index contributed by atoms with van der Waals surface area (Å²) in [4.78, 5) is 14.9. The maximum atomic E-state index is 13.8. The Labute approximate surface area is 125 Å². The predicted octanol–water partition coefficient (Wildman–Crippen LogP) is 2.88. The number of fused-ring (bicyclic) bond motifs is 3. The molecule has 0 spiro atoms. The van der Waals surface area contributed by atoms with E-state index in [2.05, 4.69) is 20.9 Å². The molecule has 21 heavy (non-hydrogen) atoms. The Morgan fingerprint density at radius 2 is 2.14 bits per heavy atom. The molecule has 3 aromatic rings. The maximum absolute atomic E-state index is 13.8. The van der Waals surface area contributed by atoms with Crippen molar-refractivity contribution in [2.45, 2.75) is 12.8 Å². The van der Waals surface area contributed by atoms with Crippen LogP contribution in [0.3, 0.4) is 0 Å². The van der Waals surface area contributed by atoms with Crippen molar-refractivity contribution in [1.29, 1.82) is 0 Å². The number of nitrogens with zero attached hydrogens (tertiary/aromatic N) is 3. The lowest BCUT2D eigenvalue weighted by Gasteiger charge is -2.01. The largest absolute Gasteiger partial charge is 0.481 e. The van der Waals surface area contributed by atoms with E-state index in [0.717, 1.165) is 6.07 Å². The number of hydrogen-bond donors (Lipinski definition) is 1. The van der Waals surface area contributed by atoms with Crippen LogP contribution < -0.4 is 0 Å². The van der Waals surface area contributed by atoms with Crippen LogP contribution in [0.25, 0.3) is 16.8 Å². The fraction of sp³-hybridized carbons (Fsp3) is 0.231. The highest BCUT2D eigenvalue weighted by Gasteiger charge is 2.20. The number of hydrogen-bond acceptors (Lipinski definition) is 2. The first-order valence-corrected chi connectivity index (χ1v) is 6.91. The molecule has 1 N–H and O–H groups in total. The lowest BCUT2D eigenvalue weighted by atomic mass is 10.2. The molecule has 0 saturated carbocycles. The molecule has 0 bridgehead atoms. The zero-order valence-electron chi connectivity index (χ0n) is 10.9. The number of carboxylic acid groups (broad SMARTS) is 1. The summed E-state index contributed by atoms with van der Waals surface area (Å²) < 4.78 is 31.0. The normalized spacial score (nSPS) is 11.6. The van der Waals surface area contributed by atoms with Crippen LogP contribution in [0, 0.1) is 11.6 Å². The van der Waals surface area contributed by atoms with Gasteiger partial charge in [0.1, 0.15) is 15.9 Å². The van der Waals surface area contributed by atoms with Crippen LogP contribution in [0.1, 0.15) is 12.1 Å². The van der Waals surface area contributed by atoms with Crippen LogP contribution in [0.5, 0.6) is 0 Å². The molecule has 1 aromatic carbocycles. The van der Waals surface area contributed by atoms with Gasteiger partial charge in [-0.1, -0.05) is 0 Å². The van der Waals surface area contributed by atoms with Crippen LogP contribution in [0.4, 0.5) is 8.78 Å². The van der Waals surface area contributed by atoms with E-state index >= 15 is 0 Å². The molecule has 8 heteroatoms. The number of aliphatic carboxylic acids is 1. The van der Waals surface area contributed by atoms with E-state index < -0.39 is 17.6 Å². The summed E-state index contributed by atoms with van der Waals surface area (Å²) in [6.07, 6.45) is 0.245. The average molecular weight is 358 g/mol. The Hall–Kier alpha value is -1.96. The SMILES string of the molecule is Cn1c(CCC(=O)O)c(Br)n2c3cc(F)cc(F)c3nc12. The van der Waals surface area contributed by atoms with Gasteiger partial charge in [-0.05, 0) is 15.9 Å². The van der Waals surface area contributed by atoms with E-state index in [9.17, 15) is 13.6 Å². The highest BCUT2D eigenvalue weighted by atomic mass is 79.9. The number of imidazole rings is 2. The van der Waals surface area contributed by atoms with Gasteiger partial charge < -0.3 is 9.67 Å². The molecular formula is C13H10BrF2N3O2. The third-order valence-electron chi connectivity index (χ3n) is 3.38. The van der Waals surface area contributed by atoms with Gasteiger partial charge in [-0.25, -0.2) is 13.8 Å². The predicted molar refractivity (Wildman–Crippen MR) is 75.2 cm³/mol. The number of rotatable bonds is 3. The molecule has 110 valence electrons. The van der Waals surface area contributed by atoms with Gasteiger partial charge in [-0.2, -0.15) is 0 Å². The molecular weight excluding hydrogens is 348 g/mol. The van der Waals surface area contributed by atoms with Crippen molar-refractivity contribution in [3.63, 3.8) is 0 Å². The van der Waals surface area contributed by atoms with Crippen molar-refractivity contribution >= 4 is 38.7 Å². The lowest BCUT2D eigenvalue weighted by Crippen LogP contribution is -2.03. The third kappa shape index (κ3) is 2.10. The van der Waals surface area contributed by atoms with Crippen LogP contribution in [-0.2, 0) is 18.3 Å². The number of carbonyl (C=O) groups is 1. The van der Waals surface area contributed by atoms with Gasteiger partial charge in [0.05, 0.1) is 17.6 Å². The monoisotopic (exact) mass is 357 g/mol. The summed E-state index contributed by atoms with van der Waals surface area (Å²) in [5.74, 6) is -1.92. The Kier molecular flexibility index (Phi) is 3.20. The summed E-state index contributed by atoms with van der Waals surface area (Å²) in [7, 11) is 1.71. The smallest absolute Gasteiger partial charge is 0.303 e. The van der Waals surface area contributed by atoms with Gasteiger partial charge in [0.2, 0.25) is 5.78 Å². The number of benzene rings is 1. The standard InChI is InChI=1S/C13H10BrF2N3O2/c1-18-8(2-3-10(20)21)12(14)19-9-5-6(15)4-7(16)11(9)17-13(18)19/h4-5H,2-3H2,1H3,(H,20,21). The van der Waals surface area contributed by atoms with E-state index in [0.29, 0.717) is 21.6 Å². The van der Waals surface area contributed by atoms with Crippen LogP contribution in [0.15, 0.2) is 16.7 Å². The van der Waals surface area contributed by atoms with E-state index in [1.165, 1.54) is 6.07 Å². The van der Waals surface area contributed by atoms with Crippen molar-refractivity contribution in [3.05, 3.63) is 34.1 Å². The molecule has 0 radical (unpaired) electrons. The average Bonchev–Trinajstić information content (AvgIpc) is 2.86. The Morgan fingerprint density at radius 1 is 1.43 bits per heavy atom. The minimum Gasteiger partial charge on any atom is -0.481 e. The molecule has 0 amide bonds. The maximum Gasteiger partial charge on any atom is 0.303 e. The second-order valence-electron chi connectivity index (χ2n) is 4.69. The van der Waals surface area contributed by atoms with Crippen LogP contribution >= 0.6 is 15.9 Å². The number of aryl methyl sites for hydroxylation is 1. The molecule has 0 unspecified atom stereocenters. The topological polar surface area (TPSA) is 59.5 Å². The van der Waals surface area contributed by atoms with E-state index in [4.69, 9.17) is 5.11 Å². The van der Waals surface area contributed by atoms with Crippen molar-refractivity contribution < 1.29 is 18.7 Å². The zero-order valence-corrected chi connectivity index (χ0v) is 12.5. The molecule has 2 aromatic heterocycles. The number of carboxylic acids is 1. The Bertz CT molecular complexity index is 885. The Balaban J connectivity index is 2.29. The van der Waals surface area contributed by atoms with Gasteiger partial charge in [-0.15, -0.1) is 0 Å². The molecule has 3 rings (SSSR count). The number of aromatic nitrogens is 3. The van der Waals surface area contributed by atoms with Gasteiger partial charge in [0.25, 0.3) is 0 Å². The van der Waals surface area contributed by atoms with E-state index in [1.54, 1.807) is 16.0 Å². The second kappa shape index (κ2) is 4.80. The highest BCUT2D eigenvalue weighted by molar-refractivity contribution is 9.10. The number of halogens is 3. The molecule has 0 atom stereocenters. The van der Waals surface area contributed by atoms with Crippen LogP contribution in [-0.4, -0.2) is 25.0 Å². The molecule has 5 nitrogen and oxygen atoms in total. The van der Waals surface area contributed by atoms with Crippen molar-refractivity contribution in [2.75, 3.05) is 0 Å². The van der Waals surface area contributed by atoms with Gasteiger partial charge in [0, 0.05) is 25.6 Å². The quantitative estimate of drug-likeness (QED) is 0.783. The summed E-state index contributed by atoms with van der Waals surface area (Å²) in [6, 6.07) is 1.98. The van der Waals surface area contributed by atoms with Crippen molar-refractivity contribution in [2.24, 2.45) is 7.05 Å². The summed E-state index contributed by atoms with van der Waals surface area (Å²) in [5, 5.41) is 8.78. The first kappa shape index (κ1) is 14.0. The molecule has 0 aliphatic heterocycles. The van der Waals surface area contributed by atoms with Crippen LogP contribution in [0.2, 0.25) is 0 Å². The van der Waals surface area contributed by atoms with E-state index in [-0.39, 0.29) is 18.4 Å². The fourth-order valence-electron chi connectivity index (χ4n) is 2.39. The lowest BCUT2D eigenvalue weighted by molar-refractivity contribution is -0.136. The van der Waals surface area contributed by atoms with Crippen molar-refractivity contribution in [3.8, 4) is 0 Å². The molecule has 0 saturated heterocycles. The summed E-state index contributed by atoms with van der Waals surface area (Å²) in [6.45, 7) is 0.